The highest BCUT2D eigenvalue weighted by Crippen LogP contribution is 2.16. The third-order valence-electron chi connectivity index (χ3n) is 3.35. The molecule has 0 aliphatic rings. The predicted molar refractivity (Wildman–Crippen MR) is 85.0 cm³/mol. The molecule has 0 fully saturated rings. The summed E-state index contributed by atoms with van der Waals surface area (Å²) in [5.41, 5.74) is 1.95. The van der Waals surface area contributed by atoms with Gasteiger partial charge in [-0.3, -0.25) is 4.79 Å². The van der Waals surface area contributed by atoms with Crippen molar-refractivity contribution in [3.63, 3.8) is 0 Å². The molecule has 114 valence electrons. The lowest BCUT2D eigenvalue weighted by Crippen LogP contribution is -2.29. The number of imidazole rings is 1. The zero-order valence-corrected chi connectivity index (χ0v) is 13.1. The predicted octanol–water partition coefficient (Wildman–Crippen LogP) is 2.01. The lowest BCUT2D eigenvalue weighted by atomic mass is 10.3. The Balaban J connectivity index is 2.21. The monoisotopic (exact) mass is 288 g/mol. The standard InChI is InChI=1S/C16H24N4O/c1-4-5-10-17-16(21)12-20-14-9-7-6-8-13(14)18-15(20)11-19(2)3/h6-9H,4-5,10-12H2,1-3H3,(H,17,21). The maximum atomic E-state index is 12.1. The molecule has 5 nitrogen and oxygen atoms in total. The Labute approximate surface area is 126 Å². The Morgan fingerprint density at radius 2 is 2.10 bits per heavy atom. The van der Waals surface area contributed by atoms with Crippen LogP contribution in [0.3, 0.4) is 0 Å². The highest BCUT2D eigenvalue weighted by Gasteiger charge is 2.13. The van der Waals surface area contributed by atoms with Gasteiger partial charge >= 0.3 is 0 Å². The van der Waals surface area contributed by atoms with Crippen molar-refractivity contribution in [3.8, 4) is 0 Å². The van der Waals surface area contributed by atoms with Gasteiger partial charge in [0.1, 0.15) is 12.4 Å². The average Bonchev–Trinajstić information content (AvgIpc) is 2.76. The molecule has 0 aliphatic carbocycles. The van der Waals surface area contributed by atoms with Gasteiger partial charge in [0.05, 0.1) is 17.6 Å². The van der Waals surface area contributed by atoms with E-state index < -0.39 is 0 Å². The van der Waals surface area contributed by atoms with Crippen LogP contribution in [0.25, 0.3) is 11.0 Å². The second-order valence-corrected chi connectivity index (χ2v) is 5.54. The second kappa shape index (κ2) is 7.22. The molecule has 1 N–H and O–H groups in total. The highest BCUT2D eigenvalue weighted by atomic mass is 16.1. The molecule has 2 rings (SSSR count). The zero-order valence-electron chi connectivity index (χ0n) is 13.1. The van der Waals surface area contributed by atoms with Gasteiger partial charge in [-0.15, -0.1) is 0 Å². The highest BCUT2D eigenvalue weighted by molar-refractivity contribution is 5.81. The summed E-state index contributed by atoms with van der Waals surface area (Å²) < 4.78 is 2.01. The summed E-state index contributed by atoms with van der Waals surface area (Å²) >= 11 is 0. The number of para-hydroxylation sites is 2. The minimum absolute atomic E-state index is 0.0478. The number of unbranched alkanes of at least 4 members (excludes halogenated alkanes) is 1. The molecular weight excluding hydrogens is 264 g/mol. The van der Waals surface area contributed by atoms with E-state index in [0.717, 1.165) is 42.8 Å². The van der Waals surface area contributed by atoms with Crippen LogP contribution in [0.15, 0.2) is 24.3 Å². The number of fused-ring (bicyclic) bond motifs is 1. The first-order valence-corrected chi connectivity index (χ1v) is 7.47. The van der Waals surface area contributed by atoms with Crippen LogP contribution in [0.4, 0.5) is 0 Å². The van der Waals surface area contributed by atoms with Gasteiger partial charge in [-0.2, -0.15) is 0 Å². The van der Waals surface area contributed by atoms with Crippen LogP contribution in [0.2, 0.25) is 0 Å². The fraction of sp³-hybridized carbons (Fsp3) is 0.500. The molecule has 1 aromatic heterocycles. The quantitative estimate of drug-likeness (QED) is 0.793. The van der Waals surface area contributed by atoms with Gasteiger partial charge in [-0.1, -0.05) is 25.5 Å². The van der Waals surface area contributed by atoms with E-state index in [1.54, 1.807) is 0 Å². The van der Waals surface area contributed by atoms with Crippen LogP contribution in [0.1, 0.15) is 25.6 Å². The maximum Gasteiger partial charge on any atom is 0.240 e. The molecule has 1 amide bonds. The molecule has 0 saturated heterocycles. The van der Waals surface area contributed by atoms with Crippen molar-refractivity contribution in [2.24, 2.45) is 0 Å². The molecule has 0 spiro atoms. The van der Waals surface area contributed by atoms with Gasteiger partial charge in [-0.05, 0) is 32.6 Å². The Bertz CT molecular complexity index is 603. The fourth-order valence-corrected chi connectivity index (χ4v) is 2.31. The summed E-state index contributed by atoms with van der Waals surface area (Å²) in [6, 6.07) is 7.95. The van der Waals surface area contributed by atoms with Crippen molar-refractivity contribution >= 4 is 16.9 Å². The molecular formula is C16H24N4O. The fourth-order valence-electron chi connectivity index (χ4n) is 2.31. The summed E-state index contributed by atoms with van der Waals surface area (Å²) in [5, 5.41) is 2.97. The van der Waals surface area contributed by atoms with E-state index in [4.69, 9.17) is 0 Å². The van der Waals surface area contributed by atoms with Gasteiger partial charge < -0.3 is 14.8 Å². The number of aromatic nitrogens is 2. The summed E-state index contributed by atoms with van der Waals surface area (Å²) in [7, 11) is 4.01. The first-order chi connectivity index (χ1) is 10.1. The van der Waals surface area contributed by atoms with Crippen LogP contribution in [0, 0.1) is 0 Å². The number of amides is 1. The van der Waals surface area contributed by atoms with Crippen LogP contribution in [0.5, 0.6) is 0 Å². The van der Waals surface area contributed by atoms with Crippen LogP contribution >= 0.6 is 0 Å². The molecule has 0 radical (unpaired) electrons. The number of nitrogens with zero attached hydrogens (tertiary/aromatic N) is 3. The Morgan fingerprint density at radius 1 is 1.33 bits per heavy atom. The summed E-state index contributed by atoms with van der Waals surface area (Å²) in [4.78, 5) is 18.8. The van der Waals surface area contributed by atoms with Crippen molar-refractivity contribution < 1.29 is 4.79 Å². The van der Waals surface area contributed by atoms with Gasteiger partial charge in [0.25, 0.3) is 0 Å². The SMILES string of the molecule is CCCCNC(=O)Cn1c(CN(C)C)nc2ccccc21. The molecule has 1 heterocycles. The van der Waals surface area contributed by atoms with Gasteiger partial charge in [0.15, 0.2) is 0 Å². The second-order valence-electron chi connectivity index (χ2n) is 5.54. The molecule has 5 heteroatoms. The molecule has 0 unspecified atom stereocenters. The van der Waals surface area contributed by atoms with Gasteiger partial charge in [0.2, 0.25) is 5.91 Å². The topological polar surface area (TPSA) is 50.2 Å². The average molecular weight is 288 g/mol. The molecule has 2 aromatic rings. The van der Waals surface area contributed by atoms with E-state index in [0.29, 0.717) is 6.54 Å². The number of carbonyl (C=O) groups is 1. The first kappa shape index (κ1) is 15.5. The Morgan fingerprint density at radius 3 is 2.81 bits per heavy atom. The summed E-state index contributed by atoms with van der Waals surface area (Å²) in [5.74, 6) is 0.971. The Kier molecular flexibility index (Phi) is 5.33. The molecule has 0 saturated carbocycles. The van der Waals surface area contributed by atoms with E-state index in [9.17, 15) is 4.79 Å². The summed E-state index contributed by atoms with van der Waals surface area (Å²) in [6.07, 6.45) is 2.10. The van der Waals surface area contributed by atoms with Gasteiger partial charge in [0, 0.05) is 6.54 Å². The lowest BCUT2D eigenvalue weighted by Gasteiger charge is -2.13. The number of hydrogen-bond donors (Lipinski definition) is 1. The van der Waals surface area contributed by atoms with Gasteiger partial charge in [-0.25, -0.2) is 4.98 Å². The van der Waals surface area contributed by atoms with E-state index in [1.165, 1.54) is 0 Å². The minimum atomic E-state index is 0.0478. The Hall–Kier alpha value is -1.88. The number of hydrogen-bond acceptors (Lipinski definition) is 3. The first-order valence-electron chi connectivity index (χ1n) is 7.47. The molecule has 1 aromatic carbocycles. The maximum absolute atomic E-state index is 12.1. The molecule has 21 heavy (non-hydrogen) atoms. The smallest absolute Gasteiger partial charge is 0.240 e. The molecule has 0 bridgehead atoms. The van der Waals surface area contributed by atoms with Crippen molar-refractivity contribution in [3.05, 3.63) is 30.1 Å². The third-order valence-corrected chi connectivity index (χ3v) is 3.35. The van der Waals surface area contributed by atoms with Crippen molar-refractivity contribution in [2.45, 2.75) is 32.9 Å². The number of rotatable bonds is 7. The van der Waals surface area contributed by atoms with Crippen LogP contribution in [-0.4, -0.2) is 41.0 Å². The van der Waals surface area contributed by atoms with Crippen LogP contribution in [-0.2, 0) is 17.9 Å². The zero-order chi connectivity index (χ0) is 15.2. The lowest BCUT2D eigenvalue weighted by molar-refractivity contribution is -0.121. The van der Waals surface area contributed by atoms with Crippen LogP contribution < -0.4 is 5.32 Å². The normalized spacial score (nSPS) is 11.2. The van der Waals surface area contributed by atoms with Crippen molar-refractivity contribution in [1.29, 1.82) is 0 Å². The number of nitrogens with one attached hydrogen (secondary N) is 1. The van der Waals surface area contributed by atoms with Crippen molar-refractivity contribution in [2.75, 3.05) is 20.6 Å². The molecule has 0 atom stereocenters. The largest absolute Gasteiger partial charge is 0.355 e. The third kappa shape index (κ3) is 4.04. The van der Waals surface area contributed by atoms with E-state index in [-0.39, 0.29) is 5.91 Å². The number of benzene rings is 1. The summed E-state index contributed by atoms with van der Waals surface area (Å²) in [6.45, 7) is 3.90. The molecule has 0 aliphatic heterocycles. The number of carbonyl (C=O) groups excluding carboxylic acids is 1. The minimum Gasteiger partial charge on any atom is -0.355 e. The van der Waals surface area contributed by atoms with E-state index in [1.807, 2.05) is 42.9 Å². The van der Waals surface area contributed by atoms with E-state index >= 15 is 0 Å². The van der Waals surface area contributed by atoms with Crippen molar-refractivity contribution in [1.82, 2.24) is 19.8 Å². The van der Waals surface area contributed by atoms with E-state index in [2.05, 4.69) is 22.1 Å².